The van der Waals surface area contributed by atoms with E-state index in [2.05, 4.69) is 0 Å². The lowest BCUT2D eigenvalue weighted by atomic mass is 9.79. The molecule has 0 aromatic heterocycles. The second-order valence-electron chi connectivity index (χ2n) is 5.76. The Hall–Kier alpha value is -0.920. The predicted molar refractivity (Wildman–Crippen MR) is 56.2 cm³/mol. The Balaban J connectivity index is 1.87. The van der Waals surface area contributed by atoms with Gasteiger partial charge in [0.05, 0.1) is 12.5 Å². The molecule has 2 bridgehead atoms. The van der Waals surface area contributed by atoms with Crippen LogP contribution in [0.4, 0.5) is 0 Å². The molecule has 15 heavy (non-hydrogen) atoms. The molecule has 0 radical (unpaired) electrons. The minimum Gasteiger partial charge on any atom is -0.516 e. The summed E-state index contributed by atoms with van der Waals surface area (Å²) in [5.74, 6) is 4.41. The predicted octanol–water partition coefficient (Wildman–Crippen LogP) is 2.79. The zero-order valence-electron chi connectivity index (χ0n) is 8.63. The first kappa shape index (κ1) is 8.26. The normalized spacial score (nSPS) is 60.0. The molecule has 4 aliphatic rings. The van der Waals surface area contributed by atoms with E-state index in [4.69, 9.17) is 0 Å². The van der Waals surface area contributed by atoms with Crippen molar-refractivity contribution in [3.05, 3.63) is 23.7 Å². The van der Waals surface area contributed by atoms with E-state index in [1.165, 1.54) is 30.1 Å². The second kappa shape index (κ2) is 2.42. The number of hydrogen-bond donors (Lipinski definition) is 2. The molecule has 0 spiro atoms. The summed E-state index contributed by atoms with van der Waals surface area (Å²) in [6.07, 6.45) is 6.31. The van der Waals surface area contributed by atoms with Crippen LogP contribution >= 0.6 is 0 Å². The Morgan fingerprint density at radius 3 is 1.67 bits per heavy atom. The number of rotatable bonds is 0. The maximum Gasteiger partial charge on any atom is 0.0786 e. The minimum absolute atomic E-state index is 0.571. The van der Waals surface area contributed by atoms with Gasteiger partial charge in [-0.15, -0.1) is 0 Å². The lowest BCUT2D eigenvalue weighted by molar-refractivity contribution is 0.236. The summed E-state index contributed by atoms with van der Waals surface area (Å²) >= 11 is 0. The fourth-order valence-electron chi connectivity index (χ4n) is 5.37. The first-order valence-corrected chi connectivity index (χ1v) is 6.01. The SMILES string of the molecule is O/C=C1/CC2C3C/C(=C\O)C4C3CC2C14. The zero-order valence-corrected chi connectivity index (χ0v) is 8.63. The quantitative estimate of drug-likeness (QED) is 0.596. The molecule has 2 N–H and O–H groups in total. The van der Waals surface area contributed by atoms with Gasteiger partial charge in [-0.05, 0) is 65.9 Å². The molecule has 2 nitrogen and oxygen atoms in total. The van der Waals surface area contributed by atoms with Gasteiger partial charge in [0, 0.05) is 0 Å². The highest BCUT2D eigenvalue weighted by Gasteiger charge is 2.66. The maximum atomic E-state index is 9.29. The average molecular weight is 204 g/mol. The van der Waals surface area contributed by atoms with Crippen molar-refractivity contribution in [1.82, 2.24) is 0 Å². The maximum absolute atomic E-state index is 9.29. The van der Waals surface area contributed by atoms with Crippen molar-refractivity contribution in [2.45, 2.75) is 19.3 Å². The Morgan fingerprint density at radius 1 is 0.800 bits per heavy atom. The third-order valence-corrected chi connectivity index (χ3v) is 5.63. The van der Waals surface area contributed by atoms with Gasteiger partial charge in [-0.3, -0.25) is 0 Å². The van der Waals surface area contributed by atoms with E-state index < -0.39 is 0 Å². The molecule has 0 amide bonds. The first-order chi connectivity index (χ1) is 7.35. The Bertz CT molecular complexity index is 342. The van der Waals surface area contributed by atoms with E-state index in [0.29, 0.717) is 11.8 Å². The fraction of sp³-hybridized carbons (Fsp3) is 0.692. The van der Waals surface area contributed by atoms with Crippen LogP contribution in [-0.4, -0.2) is 10.2 Å². The van der Waals surface area contributed by atoms with Crippen LogP contribution in [0.25, 0.3) is 0 Å². The molecule has 2 heteroatoms. The summed E-state index contributed by atoms with van der Waals surface area (Å²) in [6.45, 7) is 0. The van der Waals surface area contributed by atoms with Crippen LogP contribution in [0.5, 0.6) is 0 Å². The molecule has 6 atom stereocenters. The van der Waals surface area contributed by atoms with Gasteiger partial charge in [0.1, 0.15) is 0 Å². The zero-order chi connectivity index (χ0) is 10.2. The van der Waals surface area contributed by atoms with Gasteiger partial charge in [0.15, 0.2) is 0 Å². The van der Waals surface area contributed by atoms with Gasteiger partial charge < -0.3 is 10.2 Å². The van der Waals surface area contributed by atoms with Crippen LogP contribution < -0.4 is 0 Å². The smallest absolute Gasteiger partial charge is 0.0786 e. The van der Waals surface area contributed by atoms with E-state index in [1.807, 2.05) is 0 Å². The highest BCUT2D eigenvalue weighted by atomic mass is 16.2. The highest BCUT2D eigenvalue weighted by Crippen LogP contribution is 2.73. The van der Waals surface area contributed by atoms with Crippen molar-refractivity contribution in [3.63, 3.8) is 0 Å². The minimum atomic E-state index is 0.571. The summed E-state index contributed by atoms with van der Waals surface area (Å²) in [4.78, 5) is 0. The average Bonchev–Trinajstić information content (AvgIpc) is 2.83. The Labute approximate surface area is 89.3 Å². The van der Waals surface area contributed by atoms with Gasteiger partial charge in [0.25, 0.3) is 0 Å². The molecule has 0 aromatic rings. The molecule has 80 valence electrons. The van der Waals surface area contributed by atoms with Gasteiger partial charge in [-0.2, -0.15) is 0 Å². The first-order valence-electron chi connectivity index (χ1n) is 6.01. The second-order valence-corrected chi connectivity index (χ2v) is 5.76. The van der Waals surface area contributed by atoms with Gasteiger partial charge in [-0.1, -0.05) is 0 Å². The lowest BCUT2D eigenvalue weighted by Gasteiger charge is -2.25. The lowest BCUT2D eigenvalue weighted by Crippen LogP contribution is -2.21. The Kier molecular flexibility index (Phi) is 1.33. The summed E-state index contributed by atoms with van der Waals surface area (Å²) in [7, 11) is 0. The molecule has 0 saturated heterocycles. The number of fused-ring (bicyclic) bond motifs is 2. The molecule has 4 fully saturated rings. The van der Waals surface area contributed by atoms with E-state index in [1.54, 1.807) is 0 Å². The van der Waals surface area contributed by atoms with Crippen LogP contribution in [0.15, 0.2) is 23.7 Å². The van der Waals surface area contributed by atoms with E-state index in [0.717, 1.165) is 36.5 Å². The summed E-state index contributed by atoms with van der Waals surface area (Å²) < 4.78 is 0. The summed E-state index contributed by atoms with van der Waals surface area (Å²) in [5, 5.41) is 18.6. The molecule has 4 aliphatic carbocycles. The van der Waals surface area contributed by atoms with E-state index in [9.17, 15) is 10.2 Å². The van der Waals surface area contributed by atoms with E-state index in [-0.39, 0.29) is 0 Å². The van der Waals surface area contributed by atoms with E-state index >= 15 is 0 Å². The molecule has 0 heterocycles. The summed E-state index contributed by atoms with van der Waals surface area (Å²) in [5.41, 5.74) is 2.53. The monoisotopic (exact) mass is 204 g/mol. The molecular formula is C13H16O2. The molecular weight excluding hydrogens is 188 g/mol. The van der Waals surface area contributed by atoms with Crippen LogP contribution in [0.1, 0.15) is 19.3 Å². The number of aliphatic hydroxyl groups is 2. The molecule has 4 rings (SSSR count). The third-order valence-electron chi connectivity index (χ3n) is 5.63. The number of allylic oxidation sites excluding steroid dienone is 2. The van der Waals surface area contributed by atoms with Crippen molar-refractivity contribution in [2.75, 3.05) is 0 Å². The molecule has 4 saturated carbocycles. The van der Waals surface area contributed by atoms with Gasteiger partial charge >= 0.3 is 0 Å². The Morgan fingerprint density at radius 2 is 1.27 bits per heavy atom. The fourth-order valence-corrected chi connectivity index (χ4v) is 5.37. The largest absolute Gasteiger partial charge is 0.516 e. The van der Waals surface area contributed by atoms with Crippen molar-refractivity contribution in [3.8, 4) is 0 Å². The molecule has 0 aliphatic heterocycles. The standard InChI is InChI=1S/C13H16O2/c14-4-6-1-8-9-2-7(5-15)13-11(9)3-10(8)12(6)13/h4-5,8-15H,1-3H2/b6-4-,7-5+. The van der Waals surface area contributed by atoms with Gasteiger partial charge in [0.2, 0.25) is 0 Å². The number of hydrogen-bond acceptors (Lipinski definition) is 2. The van der Waals surface area contributed by atoms with Crippen LogP contribution in [-0.2, 0) is 0 Å². The van der Waals surface area contributed by atoms with Crippen LogP contribution in [0.2, 0.25) is 0 Å². The van der Waals surface area contributed by atoms with Crippen molar-refractivity contribution in [2.24, 2.45) is 35.5 Å². The highest BCUT2D eigenvalue weighted by molar-refractivity contribution is 5.35. The van der Waals surface area contributed by atoms with Gasteiger partial charge in [-0.25, -0.2) is 0 Å². The third kappa shape index (κ3) is 0.724. The summed E-state index contributed by atoms with van der Waals surface area (Å²) in [6, 6.07) is 0. The van der Waals surface area contributed by atoms with Crippen molar-refractivity contribution in [1.29, 1.82) is 0 Å². The molecule has 6 unspecified atom stereocenters. The van der Waals surface area contributed by atoms with Crippen molar-refractivity contribution >= 4 is 0 Å². The topological polar surface area (TPSA) is 40.5 Å². The molecule has 0 aromatic carbocycles. The van der Waals surface area contributed by atoms with Crippen molar-refractivity contribution < 1.29 is 10.2 Å². The van der Waals surface area contributed by atoms with Crippen LogP contribution in [0, 0.1) is 35.5 Å². The number of aliphatic hydroxyl groups excluding tert-OH is 2. The van der Waals surface area contributed by atoms with Crippen LogP contribution in [0.3, 0.4) is 0 Å².